The Bertz CT molecular complexity index is 808. The maximum atomic E-state index is 5.91. The van der Waals surface area contributed by atoms with E-state index in [2.05, 4.69) is 68.7 Å². The van der Waals surface area contributed by atoms with E-state index in [0.29, 0.717) is 6.61 Å². The van der Waals surface area contributed by atoms with Crippen molar-refractivity contribution in [2.45, 2.75) is 26.2 Å². The summed E-state index contributed by atoms with van der Waals surface area (Å²) in [6.45, 7) is 12.0. The van der Waals surface area contributed by atoms with Crippen LogP contribution in [-0.4, -0.2) is 81.8 Å². The molecule has 0 amide bonds. The molecule has 7 heteroatoms. The van der Waals surface area contributed by atoms with Crippen molar-refractivity contribution in [3.05, 3.63) is 42.5 Å². The zero-order chi connectivity index (χ0) is 21.7. The summed E-state index contributed by atoms with van der Waals surface area (Å²) in [5.74, 6) is 1.81. The molecule has 6 nitrogen and oxygen atoms in total. The van der Waals surface area contributed by atoms with Gasteiger partial charge in [-0.05, 0) is 55.3 Å². The fourth-order valence-corrected chi connectivity index (χ4v) is 3.94. The molecule has 178 valence electrons. The van der Waals surface area contributed by atoms with Gasteiger partial charge in [0.2, 0.25) is 0 Å². The number of benzene rings is 2. The molecule has 1 saturated heterocycles. The van der Waals surface area contributed by atoms with Crippen LogP contribution >= 0.6 is 24.0 Å². The summed E-state index contributed by atoms with van der Waals surface area (Å²) in [5, 5.41) is 9.26. The Morgan fingerprint density at radius 2 is 1.59 bits per heavy atom. The molecule has 0 radical (unpaired) electrons. The number of halogens is 1. The highest BCUT2D eigenvalue weighted by molar-refractivity contribution is 14.0. The molecule has 0 aliphatic carbocycles. The summed E-state index contributed by atoms with van der Waals surface area (Å²) in [4.78, 5) is 9.44. The number of hydrogen-bond acceptors (Lipinski definition) is 4. The molecule has 0 unspecified atom stereocenters. The molecule has 2 aromatic rings. The zero-order valence-corrected chi connectivity index (χ0v) is 22.0. The second-order valence-corrected chi connectivity index (χ2v) is 8.12. The van der Waals surface area contributed by atoms with Gasteiger partial charge in [0.1, 0.15) is 5.75 Å². The summed E-state index contributed by atoms with van der Waals surface area (Å²) < 4.78 is 5.91. The lowest BCUT2D eigenvalue weighted by atomic mass is 10.1. The maximum Gasteiger partial charge on any atom is 0.190 e. The Morgan fingerprint density at radius 3 is 2.31 bits per heavy atom. The van der Waals surface area contributed by atoms with Crippen LogP contribution in [0.4, 0.5) is 0 Å². The van der Waals surface area contributed by atoms with E-state index in [1.165, 1.54) is 62.9 Å². The van der Waals surface area contributed by atoms with Gasteiger partial charge in [-0.25, -0.2) is 0 Å². The number of ether oxygens (including phenoxy) is 1. The van der Waals surface area contributed by atoms with E-state index in [1.807, 2.05) is 13.1 Å². The molecule has 0 aromatic heterocycles. The molecule has 1 heterocycles. The highest BCUT2D eigenvalue weighted by Crippen LogP contribution is 2.20. The van der Waals surface area contributed by atoms with Crippen LogP contribution in [-0.2, 0) is 0 Å². The molecular formula is C25H40IN5O. The van der Waals surface area contributed by atoms with E-state index < -0.39 is 0 Å². The van der Waals surface area contributed by atoms with Gasteiger partial charge in [0, 0.05) is 46.3 Å². The van der Waals surface area contributed by atoms with Gasteiger partial charge in [-0.15, -0.1) is 24.0 Å². The lowest BCUT2D eigenvalue weighted by Crippen LogP contribution is -2.46. The van der Waals surface area contributed by atoms with Crippen LogP contribution < -0.4 is 15.4 Å². The number of rotatable bonds is 11. The van der Waals surface area contributed by atoms with Gasteiger partial charge in [-0.3, -0.25) is 4.99 Å². The highest BCUT2D eigenvalue weighted by Gasteiger charge is 2.14. The quantitative estimate of drug-likeness (QED) is 0.192. The molecule has 0 spiro atoms. The second-order valence-electron chi connectivity index (χ2n) is 8.12. The van der Waals surface area contributed by atoms with Gasteiger partial charge >= 0.3 is 0 Å². The second kappa shape index (κ2) is 15.3. The lowest BCUT2D eigenvalue weighted by molar-refractivity contribution is 0.136. The van der Waals surface area contributed by atoms with Crippen LogP contribution in [0, 0.1) is 0 Å². The molecule has 0 saturated carbocycles. The Labute approximate surface area is 210 Å². The van der Waals surface area contributed by atoms with Crippen LogP contribution in [0.1, 0.15) is 26.2 Å². The summed E-state index contributed by atoms with van der Waals surface area (Å²) in [6, 6.07) is 14.6. The number of guanidine groups is 1. The number of nitrogens with zero attached hydrogens (tertiary/aromatic N) is 3. The number of fused-ring (bicyclic) bond motifs is 1. The lowest BCUT2D eigenvalue weighted by Gasteiger charge is -2.34. The van der Waals surface area contributed by atoms with Crippen LogP contribution in [0.5, 0.6) is 5.75 Å². The first kappa shape index (κ1) is 26.7. The summed E-state index contributed by atoms with van der Waals surface area (Å²) in [6.07, 6.45) is 3.33. The van der Waals surface area contributed by atoms with Crippen molar-refractivity contribution in [3.63, 3.8) is 0 Å². The average Bonchev–Trinajstić information content (AvgIpc) is 2.82. The van der Waals surface area contributed by atoms with E-state index in [0.717, 1.165) is 31.2 Å². The van der Waals surface area contributed by atoms with E-state index in [9.17, 15) is 0 Å². The predicted molar refractivity (Wildman–Crippen MR) is 147 cm³/mol. The van der Waals surface area contributed by atoms with Gasteiger partial charge in [0.25, 0.3) is 0 Å². The third-order valence-corrected chi connectivity index (χ3v) is 5.93. The molecule has 2 aromatic carbocycles. The average molecular weight is 554 g/mol. The molecule has 1 aliphatic heterocycles. The molecule has 3 rings (SSSR count). The van der Waals surface area contributed by atoms with E-state index in [1.54, 1.807) is 0 Å². The van der Waals surface area contributed by atoms with Crippen molar-refractivity contribution in [2.24, 2.45) is 4.99 Å². The van der Waals surface area contributed by atoms with Gasteiger partial charge in [-0.1, -0.05) is 37.3 Å². The zero-order valence-electron chi connectivity index (χ0n) is 19.7. The van der Waals surface area contributed by atoms with E-state index in [4.69, 9.17) is 4.74 Å². The largest absolute Gasteiger partial charge is 0.494 e. The minimum Gasteiger partial charge on any atom is -0.494 e. The minimum absolute atomic E-state index is 0. The number of aliphatic imine (C=N–C) groups is 1. The Hall–Kier alpha value is -1.58. The van der Waals surface area contributed by atoms with Crippen molar-refractivity contribution >= 4 is 40.7 Å². The fourth-order valence-electron chi connectivity index (χ4n) is 3.94. The first-order chi connectivity index (χ1) is 15.3. The van der Waals surface area contributed by atoms with Crippen molar-refractivity contribution in [1.82, 2.24) is 20.4 Å². The Morgan fingerprint density at radius 1 is 0.906 bits per heavy atom. The summed E-state index contributed by atoms with van der Waals surface area (Å²) in [5.41, 5.74) is 0. The van der Waals surface area contributed by atoms with Crippen LogP contribution in [0.15, 0.2) is 47.5 Å². The fraction of sp³-hybridized carbons (Fsp3) is 0.560. The maximum absolute atomic E-state index is 5.91. The van der Waals surface area contributed by atoms with E-state index in [-0.39, 0.29) is 24.0 Å². The molecule has 1 aliphatic rings. The SMILES string of the molecule is CCN1CCN(CCCCNC(=NC)NCCCOc2ccc3ccccc3c2)CC1.I. The Kier molecular flexibility index (Phi) is 12.7. The van der Waals surface area contributed by atoms with Crippen molar-refractivity contribution in [2.75, 3.05) is 66.0 Å². The first-order valence-electron chi connectivity index (χ1n) is 11.8. The summed E-state index contributed by atoms with van der Waals surface area (Å²) >= 11 is 0. The molecule has 0 atom stereocenters. The topological polar surface area (TPSA) is 52.1 Å². The smallest absolute Gasteiger partial charge is 0.190 e. The number of unbranched alkanes of at least 4 members (excludes halogenated alkanes) is 1. The highest BCUT2D eigenvalue weighted by atomic mass is 127. The van der Waals surface area contributed by atoms with Crippen LogP contribution in [0.2, 0.25) is 0 Å². The van der Waals surface area contributed by atoms with Crippen molar-refractivity contribution < 1.29 is 4.74 Å². The number of nitrogens with one attached hydrogen (secondary N) is 2. The number of hydrogen-bond donors (Lipinski definition) is 2. The van der Waals surface area contributed by atoms with Crippen molar-refractivity contribution in [3.8, 4) is 5.75 Å². The van der Waals surface area contributed by atoms with Crippen molar-refractivity contribution in [1.29, 1.82) is 0 Å². The van der Waals surface area contributed by atoms with Crippen LogP contribution in [0.3, 0.4) is 0 Å². The number of likely N-dealkylation sites (N-methyl/N-ethyl adjacent to an activating group) is 1. The number of piperazine rings is 1. The third kappa shape index (κ3) is 9.11. The Balaban J connectivity index is 0.00000363. The first-order valence-corrected chi connectivity index (χ1v) is 11.8. The standard InChI is InChI=1S/C25H39N5O.HI/c1-3-29-16-18-30(19-17-29)15-7-6-13-27-25(26-2)28-14-8-20-31-24-12-11-22-9-4-5-10-23(22)21-24;/h4-5,9-12,21H,3,6-8,13-20H2,1-2H3,(H2,26,27,28);1H. The molecule has 0 bridgehead atoms. The van der Waals surface area contributed by atoms with Gasteiger partial charge < -0.3 is 25.2 Å². The molecule has 32 heavy (non-hydrogen) atoms. The normalized spacial score (nSPS) is 15.4. The molecular weight excluding hydrogens is 513 g/mol. The van der Waals surface area contributed by atoms with Gasteiger partial charge in [0.05, 0.1) is 6.61 Å². The summed E-state index contributed by atoms with van der Waals surface area (Å²) in [7, 11) is 1.83. The minimum atomic E-state index is 0. The van der Waals surface area contributed by atoms with Gasteiger partial charge in [0.15, 0.2) is 5.96 Å². The van der Waals surface area contributed by atoms with E-state index >= 15 is 0 Å². The monoisotopic (exact) mass is 553 g/mol. The molecule has 2 N–H and O–H groups in total. The molecule has 1 fully saturated rings. The van der Waals surface area contributed by atoms with Crippen LogP contribution in [0.25, 0.3) is 10.8 Å². The van der Waals surface area contributed by atoms with Gasteiger partial charge in [-0.2, -0.15) is 0 Å². The third-order valence-electron chi connectivity index (χ3n) is 5.93. The predicted octanol–water partition coefficient (Wildman–Crippen LogP) is 3.81.